The van der Waals surface area contributed by atoms with Crippen molar-refractivity contribution in [1.82, 2.24) is 0 Å². The molecule has 88 valence electrons. The molecular formula is C6H10O8S. The highest BCUT2D eigenvalue weighted by molar-refractivity contribution is 7.85. The number of hydrogen-bond acceptors (Lipinski definition) is 5. The Hall–Kier alpha value is -1.19. The summed E-state index contributed by atoms with van der Waals surface area (Å²) in [7, 11) is -4.35. The summed E-state index contributed by atoms with van der Waals surface area (Å²) in [5.74, 6) is -6.55. The van der Waals surface area contributed by atoms with Crippen molar-refractivity contribution in [2.45, 2.75) is 12.5 Å². The van der Waals surface area contributed by atoms with Crippen LogP contribution in [-0.2, 0) is 19.7 Å². The molecule has 0 saturated carbocycles. The number of aliphatic hydroxyl groups excluding tert-OH is 1. The molecule has 1 atom stereocenters. The molecule has 0 aliphatic carbocycles. The molecule has 0 bridgehead atoms. The average molecular weight is 242 g/mol. The first-order chi connectivity index (χ1) is 6.65. The summed E-state index contributed by atoms with van der Waals surface area (Å²) in [6.45, 7) is 0. The van der Waals surface area contributed by atoms with Gasteiger partial charge in [-0.1, -0.05) is 0 Å². The van der Waals surface area contributed by atoms with E-state index in [0.717, 1.165) is 0 Å². The molecule has 1 unspecified atom stereocenters. The summed E-state index contributed by atoms with van der Waals surface area (Å²) >= 11 is 0. The van der Waals surface area contributed by atoms with Gasteiger partial charge in [-0.25, -0.2) is 0 Å². The van der Waals surface area contributed by atoms with Crippen molar-refractivity contribution < 1.29 is 37.9 Å². The third-order valence-electron chi connectivity index (χ3n) is 1.59. The first-order valence-corrected chi connectivity index (χ1v) is 5.35. The van der Waals surface area contributed by atoms with E-state index < -0.39 is 46.3 Å². The Morgan fingerprint density at radius 3 is 1.80 bits per heavy atom. The average Bonchev–Trinajstić information content (AvgIpc) is 1.97. The molecule has 0 rings (SSSR count). The smallest absolute Gasteiger partial charge is 0.320 e. The second-order valence-electron chi connectivity index (χ2n) is 2.80. The Morgan fingerprint density at radius 1 is 1.13 bits per heavy atom. The molecule has 0 heterocycles. The van der Waals surface area contributed by atoms with Crippen LogP contribution < -0.4 is 0 Å². The van der Waals surface area contributed by atoms with Crippen LogP contribution in [0.25, 0.3) is 0 Å². The van der Waals surface area contributed by atoms with Crippen LogP contribution in [0, 0.1) is 5.92 Å². The van der Waals surface area contributed by atoms with E-state index >= 15 is 0 Å². The first kappa shape index (κ1) is 13.8. The van der Waals surface area contributed by atoms with E-state index in [1.807, 2.05) is 0 Å². The van der Waals surface area contributed by atoms with Crippen LogP contribution in [0.1, 0.15) is 6.42 Å². The summed E-state index contributed by atoms with van der Waals surface area (Å²) in [4.78, 5) is 20.7. The normalized spacial score (nSPS) is 13.8. The van der Waals surface area contributed by atoms with E-state index in [0.29, 0.717) is 0 Å². The van der Waals surface area contributed by atoms with Gasteiger partial charge in [-0.05, 0) is 6.42 Å². The predicted molar refractivity (Wildman–Crippen MR) is 45.8 cm³/mol. The van der Waals surface area contributed by atoms with Gasteiger partial charge >= 0.3 is 11.9 Å². The Balaban J connectivity index is 4.47. The van der Waals surface area contributed by atoms with E-state index in [9.17, 15) is 18.0 Å². The molecule has 0 aliphatic rings. The lowest BCUT2D eigenvalue weighted by Gasteiger charge is -2.13. The fraction of sp³-hybridized carbons (Fsp3) is 0.667. The quantitative estimate of drug-likeness (QED) is 0.321. The lowest BCUT2D eigenvalue weighted by molar-refractivity contribution is -0.159. The van der Waals surface area contributed by atoms with Gasteiger partial charge < -0.3 is 15.3 Å². The van der Waals surface area contributed by atoms with Crippen LogP contribution in [0.3, 0.4) is 0 Å². The van der Waals surface area contributed by atoms with Crippen molar-refractivity contribution in [3.63, 3.8) is 0 Å². The lowest BCUT2D eigenvalue weighted by Crippen LogP contribution is -2.36. The summed E-state index contributed by atoms with van der Waals surface area (Å²) in [6.07, 6.45) is -2.54. The number of carboxylic acid groups (broad SMARTS) is 2. The third kappa shape index (κ3) is 5.30. The minimum atomic E-state index is -4.35. The number of aliphatic hydroxyl groups is 1. The van der Waals surface area contributed by atoms with E-state index in [-0.39, 0.29) is 0 Å². The van der Waals surface area contributed by atoms with E-state index in [4.69, 9.17) is 19.9 Å². The van der Waals surface area contributed by atoms with Crippen molar-refractivity contribution >= 4 is 22.1 Å². The van der Waals surface area contributed by atoms with Gasteiger partial charge in [0.2, 0.25) is 0 Å². The van der Waals surface area contributed by atoms with Gasteiger partial charge in [0.1, 0.15) is 0 Å². The van der Waals surface area contributed by atoms with Crippen molar-refractivity contribution in [2.24, 2.45) is 5.92 Å². The summed E-state index contributed by atoms with van der Waals surface area (Å²) in [5, 5.41) is 25.9. The van der Waals surface area contributed by atoms with Crippen LogP contribution in [0.4, 0.5) is 0 Å². The molecule has 0 amide bonds. The van der Waals surface area contributed by atoms with Crippen LogP contribution in [0.15, 0.2) is 0 Å². The summed E-state index contributed by atoms with van der Waals surface area (Å²) in [5.41, 5.74) is 0. The zero-order valence-corrected chi connectivity index (χ0v) is 8.22. The number of hydrogen-bond donors (Lipinski definition) is 4. The molecule has 0 aromatic carbocycles. The standard InChI is InChI=1S/C6H10O8S/c7-3(1-2-15(12,13)14)4(5(8)9)6(10)11/h3-4,7H,1-2H2,(H,8,9)(H,10,11)(H,12,13,14). The fourth-order valence-corrected chi connectivity index (χ4v) is 1.41. The molecule has 4 N–H and O–H groups in total. The van der Waals surface area contributed by atoms with Crippen molar-refractivity contribution in [2.75, 3.05) is 5.75 Å². The Kier molecular flexibility index (Phi) is 4.65. The number of aliphatic carboxylic acids is 2. The number of carbonyl (C=O) groups is 2. The fourth-order valence-electron chi connectivity index (χ4n) is 0.871. The topological polar surface area (TPSA) is 149 Å². The van der Waals surface area contributed by atoms with Crippen molar-refractivity contribution in [1.29, 1.82) is 0 Å². The van der Waals surface area contributed by atoms with Gasteiger partial charge in [0.15, 0.2) is 5.92 Å². The molecule has 8 nitrogen and oxygen atoms in total. The van der Waals surface area contributed by atoms with Gasteiger partial charge in [0.05, 0.1) is 11.9 Å². The largest absolute Gasteiger partial charge is 0.481 e. The second-order valence-corrected chi connectivity index (χ2v) is 4.37. The Morgan fingerprint density at radius 2 is 1.53 bits per heavy atom. The molecule has 0 spiro atoms. The molecule has 0 aromatic rings. The maximum Gasteiger partial charge on any atom is 0.320 e. The third-order valence-corrected chi connectivity index (χ3v) is 2.34. The summed E-state index contributed by atoms with van der Waals surface area (Å²) < 4.78 is 28.8. The number of rotatable bonds is 6. The highest BCUT2D eigenvalue weighted by Gasteiger charge is 2.34. The minimum Gasteiger partial charge on any atom is -0.481 e. The predicted octanol–water partition coefficient (Wildman–Crippen LogP) is -1.59. The molecule has 0 aliphatic heterocycles. The first-order valence-electron chi connectivity index (χ1n) is 3.74. The number of carboxylic acids is 2. The van der Waals surface area contributed by atoms with Crippen molar-refractivity contribution in [3.05, 3.63) is 0 Å². The molecule has 0 aromatic heterocycles. The van der Waals surface area contributed by atoms with E-state index in [1.165, 1.54) is 0 Å². The lowest BCUT2D eigenvalue weighted by atomic mass is 10.0. The van der Waals surface area contributed by atoms with Gasteiger partial charge in [-0.3, -0.25) is 14.1 Å². The maximum atomic E-state index is 10.4. The highest BCUT2D eigenvalue weighted by Crippen LogP contribution is 2.09. The minimum absolute atomic E-state index is 0.665. The van der Waals surface area contributed by atoms with Gasteiger partial charge in [0.25, 0.3) is 10.1 Å². The van der Waals surface area contributed by atoms with Gasteiger partial charge in [-0.2, -0.15) is 8.42 Å². The monoisotopic (exact) mass is 242 g/mol. The van der Waals surface area contributed by atoms with Crippen LogP contribution >= 0.6 is 0 Å². The Labute approximate surface area is 84.9 Å². The molecule has 9 heteroatoms. The van der Waals surface area contributed by atoms with Gasteiger partial charge in [0, 0.05) is 0 Å². The van der Waals surface area contributed by atoms with E-state index in [2.05, 4.69) is 0 Å². The zero-order valence-electron chi connectivity index (χ0n) is 7.40. The zero-order chi connectivity index (χ0) is 12.2. The highest BCUT2D eigenvalue weighted by atomic mass is 32.2. The van der Waals surface area contributed by atoms with Crippen LogP contribution in [0.5, 0.6) is 0 Å². The van der Waals surface area contributed by atoms with Crippen molar-refractivity contribution in [3.8, 4) is 0 Å². The SMILES string of the molecule is O=C(O)C(C(=O)O)C(O)CCS(=O)(=O)O. The second kappa shape index (κ2) is 5.05. The molecular weight excluding hydrogens is 232 g/mol. The molecule has 0 saturated heterocycles. The van der Waals surface area contributed by atoms with Gasteiger partial charge in [-0.15, -0.1) is 0 Å². The van der Waals surface area contributed by atoms with Crippen LogP contribution in [-0.4, -0.2) is 52.1 Å². The molecule has 15 heavy (non-hydrogen) atoms. The molecule has 0 radical (unpaired) electrons. The summed E-state index contributed by atoms with van der Waals surface area (Å²) in [6, 6.07) is 0. The molecule has 0 fully saturated rings. The van der Waals surface area contributed by atoms with E-state index in [1.54, 1.807) is 0 Å². The Bertz CT molecular complexity index is 330. The maximum absolute atomic E-state index is 10.4. The van der Waals surface area contributed by atoms with Crippen LogP contribution in [0.2, 0.25) is 0 Å².